The van der Waals surface area contributed by atoms with Crippen LogP contribution in [0.25, 0.3) is 5.69 Å². The lowest BCUT2D eigenvalue weighted by Gasteiger charge is -2.06. The van der Waals surface area contributed by atoms with E-state index in [1.165, 1.54) is 18.2 Å². The monoisotopic (exact) mass is 299 g/mol. The van der Waals surface area contributed by atoms with Crippen molar-refractivity contribution in [2.45, 2.75) is 0 Å². The minimum atomic E-state index is -1.28. The van der Waals surface area contributed by atoms with Crippen LogP contribution in [0.4, 0.5) is 4.39 Å². The topological polar surface area (TPSA) is 78.7 Å². The first-order valence-electron chi connectivity index (χ1n) is 4.86. The van der Waals surface area contributed by atoms with E-state index in [0.717, 1.165) is 0 Å². The quantitative estimate of drug-likeness (QED) is 0.816. The van der Waals surface area contributed by atoms with Gasteiger partial charge in [-0.25, -0.2) is 9.36 Å². The van der Waals surface area contributed by atoms with Crippen LogP contribution >= 0.6 is 23.2 Å². The van der Waals surface area contributed by atoms with Gasteiger partial charge in [0.15, 0.2) is 5.15 Å². The number of nitriles is 1. The highest BCUT2D eigenvalue weighted by atomic mass is 35.5. The van der Waals surface area contributed by atoms with Gasteiger partial charge in [0.05, 0.1) is 16.3 Å². The second kappa shape index (κ2) is 4.88. The maximum Gasteiger partial charge on any atom is 0.334 e. The number of rotatable bonds is 1. The molecule has 1 aromatic carbocycles. The number of benzene rings is 1. The van der Waals surface area contributed by atoms with Gasteiger partial charge in [0.25, 0.3) is 5.56 Å². The van der Waals surface area contributed by atoms with Crippen molar-refractivity contribution in [2.24, 2.45) is 0 Å². The number of aromatic nitrogens is 2. The molecular weight excluding hydrogens is 296 g/mol. The predicted octanol–water partition coefficient (Wildman–Crippen LogP) is 1.84. The van der Waals surface area contributed by atoms with E-state index in [2.05, 4.69) is 0 Å². The molecule has 0 atom stereocenters. The van der Waals surface area contributed by atoms with Crippen molar-refractivity contribution >= 4 is 23.2 Å². The van der Waals surface area contributed by atoms with Crippen molar-refractivity contribution in [3.63, 3.8) is 0 Å². The fraction of sp³-hybridized carbons (Fsp3) is 0. The highest BCUT2D eigenvalue weighted by Gasteiger charge is 2.14. The normalized spacial score (nSPS) is 10.2. The molecule has 0 aliphatic heterocycles. The summed E-state index contributed by atoms with van der Waals surface area (Å²) in [4.78, 5) is 25.3. The van der Waals surface area contributed by atoms with Crippen LogP contribution in [0, 0.1) is 17.1 Å². The van der Waals surface area contributed by atoms with E-state index >= 15 is 0 Å². The molecule has 1 N–H and O–H groups in total. The molecule has 96 valence electrons. The first-order chi connectivity index (χ1) is 8.95. The van der Waals surface area contributed by atoms with Crippen molar-refractivity contribution in [2.75, 3.05) is 0 Å². The van der Waals surface area contributed by atoms with Crippen LogP contribution in [-0.2, 0) is 0 Å². The van der Waals surface area contributed by atoms with Gasteiger partial charge < -0.3 is 0 Å². The number of aromatic amines is 1. The molecular formula is C11H4Cl2FN3O2. The largest absolute Gasteiger partial charge is 0.334 e. The van der Waals surface area contributed by atoms with E-state index in [0.29, 0.717) is 4.57 Å². The minimum absolute atomic E-state index is 0.0332. The van der Waals surface area contributed by atoms with Crippen LogP contribution in [0.15, 0.2) is 27.8 Å². The molecule has 0 spiro atoms. The van der Waals surface area contributed by atoms with Crippen molar-refractivity contribution in [3.8, 4) is 11.8 Å². The summed E-state index contributed by atoms with van der Waals surface area (Å²) in [6.07, 6.45) is 0. The molecule has 2 aromatic rings. The second-order valence-electron chi connectivity index (χ2n) is 3.47. The van der Waals surface area contributed by atoms with Gasteiger partial charge >= 0.3 is 5.69 Å². The first-order valence-corrected chi connectivity index (χ1v) is 5.61. The zero-order valence-electron chi connectivity index (χ0n) is 9.08. The number of hydrogen-bond acceptors (Lipinski definition) is 3. The molecule has 0 saturated carbocycles. The molecule has 0 saturated heterocycles. The molecule has 1 heterocycles. The van der Waals surface area contributed by atoms with E-state index < -0.39 is 22.2 Å². The lowest BCUT2D eigenvalue weighted by molar-refractivity contribution is 0.584. The number of halogens is 3. The van der Waals surface area contributed by atoms with E-state index in [9.17, 15) is 14.0 Å². The highest BCUT2D eigenvalue weighted by molar-refractivity contribution is 6.31. The Bertz CT molecular complexity index is 820. The Labute approximate surface area is 115 Å². The summed E-state index contributed by atoms with van der Waals surface area (Å²) in [6.45, 7) is 0. The zero-order chi connectivity index (χ0) is 14.2. The van der Waals surface area contributed by atoms with Gasteiger partial charge in [-0.3, -0.25) is 9.78 Å². The molecule has 8 heteroatoms. The second-order valence-corrected chi connectivity index (χ2v) is 4.26. The third-order valence-electron chi connectivity index (χ3n) is 2.33. The standard InChI is InChI=1S/C11H4Cl2FN3O2/c12-7-3-6(2-1-5(7)4-15)17-10(18)8(14)9(13)16-11(17)19/h1-3H,(H,16,19). The maximum absolute atomic E-state index is 13.4. The summed E-state index contributed by atoms with van der Waals surface area (Å²) in [7, 11) is 0. The van der Waals surface area contributed by atoms with Crippen LogP contribution < -0.4 is 11.2 Å². The number of H-pyrrole nitrogens is 1. The van der Waals surface area contributed by atoms with Gasteiger partial charge in [-0.05, 0) is 18.2 Å². The Morgan fingerprint density at radius 3 is 2.58 bits per heavy atom. The first kappa shape index (κ1) is 13.3. The van der Waals surface area contributed by atoms with Crippen LogP contribution in [-0.4, -0.2) is 9.55 Å². The fourth-order valence-corrected chi connectivity index (χ4v) is 1.84. The van der Waals surface area contributed by atoms with Crippen LogP contribution in [0.2, 0.25) is 10.2 Å². The third kappa shape index (κ3) is 2.26. The fourth-order valence-electron chi connectivity index (χ4n) is 1.46. The number of nitrogens with zero attached hydrogens (tertiary/aromatic N) is 2. The Morgan fingerprint density at radius 1 is 1.32 bits per heavy atom. The molecule has 5 nitrogen and oxygen atoms in total. The summed E-state index contributed by atoms with van der Waals surface area (Å²) in [5.74, 6) is -1.28. The van der Waals surface area contributed by atoms with Crippen molar-refractivity contribution in [1.29, 1.82) is 5.26 Å². The Morgan fingerprint density at radius 2 is 2.00 bits per heavy atom. The molecule has 0 bridgehead atoms. The van der Waals surface area contributed by atoms with Gasteiger partial charge in [-0.2, -0.15) is 9.65 Å². The summed E-state index contributed by atoms with van der Waals surface area (Å²) in [5.41, 5.74) is -1.90. The average Bonchev–Trinajstić information content (AvgIpc) is 2.36. The summed E-state index contributed by atoms with van der Waals surface area (Å²) < 4.78 is 13.9. The number of hydrogen-bond donors (Lipinski definition) is 1. The Hall–Kier alpha value is -2.10. The Balaban J connectivity index is 2.78. The van der Waals surface area contributed by atoms with Crippen LogP contribution in [0.3, 0.4) is 0 Å². The number of nitrogens with one attached hydrogen (secondary N) is 1. The Kier molecular flexibility index (Phi) is 3.42. The van der Waals surface area contributed by atoms with Crippen molar-refractivity contribution < 1.29 is 4.39 Å². The van der Waals surface area contributed by atoms with Gasteiger partial charge in [0.1, 0.15) is 6.07 Å². The van der Waals surface area contributed by atoms with Gasteiger partial charge in [0, 0.05) is 0 Å². The maximum atomic E-state index is 13.4. The predicted molar refractivity (Wildman–Crippen MR) is 67.4 cm³/mol. The van der Waals surface area contributed by atoms with Crippen LogP contribution in [0.1, 0.15) is 5.56 Å². The average molecular weight is 300 g/mol. The van der Waals surface area contributed by atoms with Gasteiger partial charge in [-0.15, -0.1) is 0 Å². The highest BCUT2D eigenvalue weighted by Crippen LogP contribution is 2.18. The van der Waals surface area contributed by atoms with Crippen molar-refractivity contribution in [3.05, 3.63) is 60.6 Å². The summed E-state index contributed by atoms with van der Waals surface area (Å²) in [5, 5.41) is 8.10. The smallest absolute Gasteiger partial charge is 0.295 e. The van der Waals surface area contributed by atoms with Crippen molar-refractivity contribution in [1.82, 2.24) is 9.55 Å². The molecule has 0 fully saturated rings. The van der Waals surface area contributed by atoms with Gasteiger partial charge in [0.2, 0.25) is 5.82 Å². The molecule has 2 rings (SSSR count). The molecule has 0 aliphatic rings. The molecule has 19 heavy (non-hydrogen) atoms. The lowest BCUT2D eigenvalue weighted by Crippen LogP contribution is -2.35. The van der Waals surface area contributed by atoms with Crippen LogP contribution in [0.5, 0.6) is 0 Å². The molecule has 0 aliphatic carbocycles. The van der Waals surface area contributed by atoms with E-state index in [1.54, 1.807) is 0 Å². The van der Waals surface area contributed by atoms with E-state index in [-0.39, 0.29) is 16.3 Å². The molecule has 1 aromatic heterocycles. The lowest BCUT2D eigenvalue weighted by atomic mass is 10.2. The van der Waals surface area contributed by atoms with E-state index in [1.807, 2.05) is 11.1 Å². The summed E-state index contributed by atoms with van der Waals surface area (Å²) in [6, 6.07) is 5.65. The third-order valence-corrected chi connectivity index (χ3v) is 2.91. The zero-order valence-corrected chi connectivity index (χ0v) is 10.6. The molecule has 0 unspecified atom stereocenters. The van der Waals surface area contributed by atoms with Gasteiger partial charge in [-0.1, -0.05) is 23.2 Å². The molecule has 0 radical (unpaired) electrons. The summed E-state index contributed by atoms with van der Waals surface area (Å²) >= 11 is 11.1. The minimum Gasteiger partial charge on any atom is -0.295 e. The molecule has 0 amide bonds. The van der Waals surface area contributed by atoms with E-state index in [4.69, 9.17) is 28.5 Å². The SMILES string of the molecule is N#Cc1ccc(-n2c(=O)[nH]c(Cl)c(F)c2=O)cc1Cl.